The standard InChI is InChI=1S/C25H24N6O7S4.Na/c1-10(2)38-30-17(14-9-40-24(26)27-14)20(34)29-18-21(35)31-19(23(36)37)12(6-39-22(18)31)7-41-25-28-13(8-42-25)11-3-4-15(32)16(33)5-11;/h3-5,8-10,18,22,32-33H,6-7H2,1-2H3,(H2,26,27)(H,29,34)(H,36,37);/q;+1/p-1/t18-,22-;/m1./s1. The van der Waals surface area contributed by atoms with Crippen LogP contribution in [0.1, 0.15) is 19.5 Å². The van der Waals surface area contributed by atoms with Crippen molar-refractivity contribution in [3.8, 4) is 22.8 Å². The summed E-state index contributed by atoms with van der Waals surface area (Å²) in [6, 6.07) is 3.40. The summed E-state index contributed by atoms with van der Waals surface area (Å²) in [6.45, 7) is 3.47. The van der Waals surface area contributed by atoms with Crippen LogP contribution in [0.5, 0.6) is 11.5 Å². The summed E-state index contributed by atoms with van der Waals surface area (Å²) in [4.78, 5) is 53.4. The van der Waals surface area contributed by atoms with Gasteiger partial charge in [0.25, 0.3) is 11.8 Å². The molecule has 0 unspecified atom stereocenters. The molecule has 43 heavy (non-hydrogen) atoms. The van der Waals surface area contributed by atoms with Crippen LogP contribution in [0.3, 0.4) is 0 Å². The first-order valence-corrected chi connectivity index (χ1v) is 16.1. The van der Waals surface area contributed by atoms with Crippen LogP contribution in [0.15, 0.2) is 49.7 Å². The fourth-order valence-corrected chi connectivity index (χ4v) is 7.91. The number of fused-ring (bicyclic) bond motifs is 1. The first-order chi connectivity index (χ1) is 20.0. The molecule has 0 bridgehead atoms. The van der Waals surface area contributed by atoms with Gasteiger partial charge in [0.05, 0.1) is 17.4 Å². The molecule has 13 nitrogen and oxygen atoms in total. The second-order valence-corrected chi connectivity index (χ2v) is 13.3. The smallest absolute Gasteiger partial charge is 0.543 e. The Morgan fingerprint density at radius 3 is 2.67 bits per heavy atom. The SMILES string of the molecule is CC(C)ON=C(C(=O)N[C@@H]1C(=O)N2C(C(=O)[O-])=C(CSc3nc(-c4ccc(O)c(O)c4)cs3)CS[C@H]12)c1csc(N)n1.[Na+]. The molecule has 1 aromatic carbocycles. The minimum Gasteiger partial charge on any atom is -0.543 e. The number of rotatable bonds is 10. The molecule has 2 aromatic heterocycles. The van der Waals surface area contributed by atoms with Crippen LogP contribution in [0, 0.1) is 0 Å². The van der Waals surface area contributed by atoms with Crippen LogP contribution < -0.4 is 45.7 Å². The zero-order valence-corrected chi connectivity index (χ0v) is 28.2. The Balaban J connectivity index is 0.00000423. The van der Waals surface area contributed by atoms with E-state index in [0.717, 1.165) is 16.2 Å². The topological polar surface area (TPSA) is 203 Å². The number of amides is 2. The van der Waals surface area contributed by atoms with E-state index in [1.807, 2.05) is 0 Å². The number of thiazole rings is 2. The number of β-lactam (4-membered cyclic amide) rings is 1. The number of carboxylic acids is 1. The Hall–Kier alpha value is -2.80. The first kappa shape index (κ1) is 33.1. The van der Waals surface area contributed by atoms with Crippen LogP contribution in [0.25, 0.3) is 11.3 Å². The van der Waals surface area contributed by atoms with Crippen molar-refractivity contribution in [2.45, 2.75) is 35.7 Å². The van der Waals surface area contributed by atoms with Gasteiger partial charge in [0.15, 0.2) is 26.7 Å². The molecule has 2 amide bonds. The van der Waals surface area contributed by atoms with Gasteiger partial charge in [-0.15, -0.1) is 34.4 Å². The van der Waals surface area contributed by atoms with E-state index >= 15 is 0 Å². The van der Waals surface area contributed by atoms with Crippen molar-refractivity contribution in [1.29, 1.82) is 0 Å². The largest absolute Gasteiger partial charge is 1.00 e. The molecule has 18 heteroatoms. The second-order valence-electron chi connectivity index (χ2n) is 9.26. The van der Waals surface area contributed by atoms with Crippen molar-refractivity contribution in [1.82, 2.24) is 20.2 Å². The molecular formula is C25H23N6NaO7S4. The molecule has 0 radical (unpaired) electrons. The summed E-state index contributed by atoms with van der Waals surface area (Å²) in [5, 5.41) is 40.9. The Bertz CT molecular complexity index is 1620. The van der Waals surface area contributed by atoms with Crippen LogP contribution in [-0.2, 0) is 19.2 Å². The molecule has 0 spiro atoms. The third-order valence-corrected chi connectivity index (χ3v) is 10.1. The number of carboxylic acid groups (broad SMARTS) is 1. The number of oxime groups is 1. The third-order valence-electron chi connectivity index (χ3n) is 5.99. The molecule has 1 saturated heterocycles. The maximum Gasteiger partial charge on any atom is 1.00 e. The number of nitrogens with zero attached hydrogens (tertiary/aromatic N) is 4. The van der Waals surface area contributed by atoms with E-state index < -0.39 is 29.2 Å². The Morgan fingerprint density at radius 2 is 2.02 bits per heavy atom. The maximum atomic E-state index is 13.1. The number of hydrogen-bond donors (Lipinski definition) is 4. The predicted molar refractivity (Wildman–Crippen MR) is 158 cm³/mol. The van der Waals surface area contributed by atoms with Gasteiger partial charge in [-0.2, -0.15) is 0 Å². The van der Waals surface area contributed by atoms with Crippen molar-refractivity contribution in [3.63, 3.8) is 0 Å². The normalized spacial score (nSPS) is 18.2. The minimum atomic E-state index is -1.49. The predicted octanol–water partition coefficient (Wildman–Crippen LogP) is -1.41. The van der Waals surface area contributed by atoms with Gasteiger partial charge >= 0.3 is 29.6 Å². The number of nitrogen functional groups attached to an aromatic ring is 1. The van der Waals surface area contributed by atoms with E-state index in [1.54, 1.807) is 30.7 Å². The Morgan fingerprint density at radius 1 is 1.26 bits per heavy atom. The summed E-state index contributed by atoms with van der Waals surface area (Å²) in [5.74, 6) is -2.75. The molecule has 2 atom stereocenters. The molecule has 2 aliphatic rings. The molecule has 5 N–H and O–H groups in total. The van der Waals surface area contributed by atoms with Gasteiger partial charge in [0.1, 0.15) is 23.2 Å². The van der Waals surface area contributed by atoms with E-state index in [2.05, 4.69) is 20.4 Å². The molecule has 4 heterocycles. The third kappa shape index (κ3) is 7.13. The maximum absolute atomic E-state index is 13.1. The van der Waals surface area contributed by atoms with Gasteiger partial charge in [-0.05, 0) is 37.6 Å². The summed E-state index contributed by atoms with van der Waals surface area (Å²) in [6.07, 6.45) is -0.317. The van der Waals surface area contributed by atoms with Crippen LogP contribution in [0.4, 0.5) is 5.13 Å². The molecular weight excluding hydrogens is 648 g/mol. The number of nitrogens with one attached hydrogen (secondary N) is 1. The minimum absolute atomic E-state index is 0. The van der Waals surface area contributed by atoms with Gasteiger partial charge in [-0.25, -0.2) is 9.97 Å². The molecule has 2 aliphatic heterocycles. The summed E-state index contributed by atoms with van der Waals surface area (Å²) in [7, 11) is 0. The number of aliphatic carboxylic acids is 1. The average molecular weight is 671 g/mol. The zero-order valence-electron chi connectivity index (χ0n) is 23.0. The number of anilines is 1. The quantitative estimate of drug-likeness (QED) is 0.0491. The summed E-state index contributed by atoms with van der Waals surface area (Å²) in [5.41, 5.74) is 7.22. The molecule has 1 fully saturated rings. The van der Waals surface area contributed by atoms with Crippen molar-refractivity contribution in [2.24, 2.45) is 5.16 Å². The van der Waals surface area contributed by atoms with Crippen LogP contribution in [0.2, 0.25) is 0 Å². The number of nitrogens with two attached hydrogens (primary N) is 1. The number of benzene rings is 1. The van der Waals surface area contributed by atoms with Gasteiger partial charge in [0.2, 0.25) is 0 Å². The monoisotopic (exact) mass is 670 g/mol. The molecule has 5 rings (SSSR count). The fraction of sp³-hybridized carbons (Fsp3) is 0.280. The molecule has 0 saturated carbocycles. The average Bonchev–Trinajstić information content (AvgIpc) is 3.60. The van der Waals surface area contributed by atoms with Crippen molar-refractivity contribution in [2.75, 3.05) is 17.2 Å². The van der Waals surface area contributed by atoms with E-state index in [4.69, 9.17) is 10.6 Å². The number of aromatic hydroxyl groups is 2. The number of hydrogen-bond acceptors (Lipinski definition) is 15. The zero-order chi connectivity index (χ0) is 30.1. The van der Waals surface area contributed by atoms with Crippen molar-refractivity contribution in [3.05, 3.63) is 45.9 Å². The van der Waals surface area contributed by atoms with E-state index in [-0.39, 0.29) is 75.1 Å². The number of carbonyl (C=O) groups is 3. The summed E-state index contributed by atoms with van der Waals surface area (Å²) < 4.78 is 0.646. The second kappa shape index (κ2) is 13.9. The Kier molecular flexibility index (Phi) is 10.7. The molecule has 0 aliphatic carbocycles. The number of phenolic OH excluding ortho intramolecular Hbond substituents is 2. The Labute approximate surface area is 283 Å². The number of thioether (sulfide) groups is 2. The van der Waals surface area contributed by atoms with Crippen molar-refractivity contribution >= 4 is 74.8 Å². The van der Waals surface area contributed by atoms with Gasteiger partial charge < -0.3 is 36.0 Å². The van der Waals surface area contributed by atoms with E-state index in [9.17, 15) is 29.7 Å². The molecule has 3 aromatic rings. The number of aromatic nitrogens is 2. The van der Waals surface area contributed by atoms with E-state index in [0.29, 0.717) is 26.9 Å². The summed E-state index contributed by atoms with van der Waals surface area (Å²) >= 11 is 5.08. The van der Waals surface area contributed by atoms with Gasteiger partial charge in [-0.1, -0.05) is 16.9 Å². The number of phenols is 2. The van der Waals surface area contributed by atoms with Crippen LogP contribution in [-0.4, -0.2) is 77.6 Å². The molecule has 220 valence electrons. The van der Waals surface area contributed by atoms with E-state index in [1.165, 1.54) is 47.0 Å². The van der Waals surface area contributed by atoms with Crippen molar-refractivity contribution < 1.29 is 64.1 Å². The van der Waals surface area contributed by atoms with Gasteiger partial charge in [0, 0.05) is 27.8 Å². The van der Waals surface area contributed by atoms with Crippen LogP contribution >= 0.6 is 46.2 Å². The number of carbonyl (C=O) groups excluding carboxylic acids is 3. The fourth-order valence-electron chi connectivity index (χ4n) is 4.04. The first-order valence-electron chi connectivity index (χ1n) is 12.3. The van der Waals surface area contributed by atoms with Gasteiger partial charge in [-0.3, -0.25) is 14.5 Å².